The van der Waals surface area contributed by atoms with Crippen LogP contribution in [0.3, 0.4) is 0 Å². The molecule has 0 aromatic heterocycles. The van der Waals surface area contributed by atoms with Crippen molar-refractivity contribution in [2.45, 2.75) is 38.0 Å². The molecule has 0 saturated heterocycles. The minimum absolute atomic E-state index is 0.0326. The van der Waals surface area contributed by atoms with Crippen LogP contribution in [0.1, 0.15) is 33.3 Å². The third-order valence-corrected chi connectivity index (χ3v) is 4.28. The maximum absolute atomic E-state index is 11.9. The van der Waals surface area contributed by atoms with Crippen molar-refractivity contribution < 1.29 is 9.90 Å². The zero-order valence-corrected chi connectivity index (χ0v) is 12.9. The summed E-state index contributed by atoms with van der Waals surface area (Å²) in [6, 6.07) is 9.41. The summed E-state index contributed by atoms with van der Waals surface area (Å²) in [6.07, 6.45) is 0. The van der Waals surface area contributed by atoms with E-state index in [-0.39, 0.29) is 4.75 Å². The van der Waals surface area contributed by atoms with Crippen LogP contribution < -0.4 is 5.32 Å². The summed E-state index contributed by atoms with van der Waals surface area (Å²) in [5, 5.41) is 12.9. The van der Waals surface area contributed by atoms with Crippen LogP contribution in [0, 0.1) is 0 Å². The number of benzene rings is 1. The molecule has 0 aliphatic heterocycles. The molecule has 0 bridgehead atoms. The van der Waals surface area contributed by atoms with Gasteiger partial charge in [-0.15, -0.1) is 0 Å². The summed E-state index contributed by atoms with van der Waals surface area (Å²) >= 11 is 1.66. The van der Waals surface area contributed by atoms with E-state index in [1.54, 1.807) is 11.8 Å². The Labute approximate surface area is 119 Å². The van der Waals surface area contributed by atoms with Crippen LogP contribution in [0.15, 0.2) is 30.3 Å². The maximum atomic E-state index is 11.9. The molecule has 0 amide bonds. The molecule has 0 fully saturated rings. The van der Waals surface area contributed by atoms with Crippen molar-refractivity contribution in [3.05, 3.63) is 35.9 Å². The van der Waals surface area contributed by atoms with Gasteiger partial charge >= 0.3 is 5.97 Å². The number of aliphatic carboxylic acids is 1. The second kappa shape index (κ2) is 6.44. The molecular formula is C15H23NO2S. The van der Waals surface area contributed by atoms with Crippen LogP contribution >= 0.6 is 11.8 Å². The van der Waals surface area contributed by atoms with Crippen LogP contribution in [0.4, 0.5) is 0 Å². The highest BCUT2D eigenvalue weighted by Gasteiger charge is 2.40. The first-order chi connectivity index (χ1) is 8.82. The normalized spacial score (nSPS) is 14.9. The highest BCUT2D eigenvalue weighted by Crippen LogP contribution is 2.32. The average Bonchev–Trinajstić information content (AvgIpc) is 2.34. The largest absolute Gasteiger partial charge is 0.480 e. The Morgan fingerprint density at radius 2 is 1.84 bits per heavy atom. The topological polar surface area (TPSA) is 49.3 Å². The Morgan fingerprint density at radius 1 is 1.26 bits per heavy atom. The van der Waals surface area contributed by atoms with E-state index in [0.717, 1.165) is 5.56 Å². The van der Waals surface area contributed by atoms with E-state index in [2.05, 4.69) is 26.1 Å². The fourth-order valence-corrected chi connectivity index (χ4v) is 2.89. The lowest BCUT2D eigenvalue weighted by Gasteiger charge is -2.33. The number of nitrogens with one attached hydrogen (secondary N) is 1. The van der Waals surface area contributed by atoms with Crippen LogP contribution in [0.25, 0.3) is 0 Å². The summed E-state index contributed by atoms with van der Waals surface area (Å²) in [5.74, 6) is -0.318. The fourth-order valence-electron chi connectivity index (χ4n) is 1.85. The molecule has 0 saturated carbocycles. The number of carboxylic acid groups (broad SMARTS) is 1. The molecule has 0 spiro atoms. The zero-order valence-electron chi connectivity index (χ0n) is 12.1. The summed E-state index contributed by atoms with van der Waals surface area (Å²) in [7, 11) is 0. The highest BCUT2D eigenvalue weighted by atomic mass is 32.2. The standard InChI is InChI=1S/C15H23NO2S/c1-5-16-15(13(17)18,11-19-14(2,3)4)12-9-7-6-8-10-12/h6-10,16H,5,11H2,1-4H3,(H,17,18). The molecule has 0 aliphatic carbocycles. The first-order valence-electron chi connectivity index (χ1n) is 6.50. The molecule has 1 atom stereocenters. The fraction of sp³-hybridized carbons (Fsp3) is 0.533. The molecule has 1 aromatic rings. The minimum atomic E-state index is -1.02. The number of hydrogen-bond donors (Lipinski definition) is 2. The van der Waals surface area contributed by atoms with Crippen molar-refractivity contribution in [1.82, 2.24) is 5.32 Å². The van der Waals surface area contributed by atoms with E-state index in [9.17, 15) is 9.90 Å². The monoisotopic (exact) mass is 281 g/mol. The van der Waals surface area contributed by atoms with Crippen molar-refractivity contribution in [3.63, 3.8) is 0 Å². The van der Waals surface area contributed by atoms with Gasteiger partial charge in [-0.1, -0.05) is 58.0 Å². The number of rotatable bonds is 6. The lowest BCUT2D eigenvalue weighted by Crippen LogP contribution is -2.51. The predicted octanol–water partition coefficient (Wildman–Crippen LogP) is 3.11. The van der Waals surface area contributed by atoms with Crippen molar-refractivity contribution >= 4 is 17.7 Å². The van der Waals surface area contributed by atoms with Crippen molar-refractivity contribution in [3.8, 4) is 0 Å². The summed E-state index contributed by atoms with van der Waals surface area (Å²) in [6.45, 7) is 8.85. The lowest BCUT2D eigenvalue weighted by atomic mass is 9.92. The second-order valence-corrected chi connectivity index (χ2v) is 7.31. The average molecular weight is 281 g/mol. The van der Waals surface area contributed by atoms with Crippen LogP contribution in [0.5, 0.6) is 0 Å². The van der Waals surface area contributed by atoms with Gasteiger partial charge in [-0.25, -0.2) is 4.79 Å². The smallest absolute Gasteiger partial charge is 0.329 e. The van der Waals surface area contributed by atoms with Crippen molar-refractivity contribution in [2.24, 2.45) is 0 Å². The van der Waals surface area contributed by atoms with Gasteiger partial charge in [0.25, 0.3) is 0 Å². The number of thioether (sulfide) groups is 1. The number of likely N-dealkylation sites (N-methyl/N-ethyl adjacent to an activating group) is 1. The first kappa shape index (κ1) is 16.1. The molecule has 1 unspecified atom stereocenters. The molecule has 19 heavy (non-hydrogen) atoms. The van der Waals surface area contributed by atoms with Gasteiger partial charge in [0.05, 0.1) is 0 Å². The SMILES string of the molecule is CCNC(CSC(C)(C)C)(C(=O)O)c1ccccc1. The number of hydrogen-bond acceptors (Lipinski definition) is 3. The quantitative estimate of drug-likeness (QED) is 0.841. The highest BCUT2D eigenvalue weighted by molar-refractivity contribution is 8.00. The lowest BCUT2D eigenvalue weighted by molar-refractivity contribution is -0.144. The molecule has 1 rings (SSSR count). The van der Waals surface area contributed by atoms with Gasteiger partial charge in [-0.2, -0.15) is 11.8 Å². The van der Waals surface area contributed by atoms with E-state index in [1.807, 2.05) is 37.3 Å². The third-order valence-electron chi connectivity index (χ3n) is 2.83. The van der Waals surface area contributed by atoms with Gasteiger partial charge in [0.15, 0.2) is 5.54 Å². The molecule has 0 aliphatic rings. The second-order valence-electron chi connectivity index (χ2n) is 5.51. The van der Waals surface area contributed by atoms with E-state index in [4.69, 9.17) is 0 Å². The van der Waals surface area contributed by atoms with Gasteiger partial charge in [0.2, 0.25) is 0 Å². The van der Waals surface area contributed by atoms with Crippen molar-refractivity contribution in [1.29, 1.82) is 0 Å². The van der Waals surface area contributed by atoms with E-state index >= 15 is 0 Å². The Hall–Kier alpha value is -1.00. The number of carboxylic acids is 1. The number of carbonyl (C=O) groups is 1. The zero-order chi connectivity index (χ0) is 14.5. The van der Waals surface area contributed by atoms with E-state index < -0.39 is 11.5 Å². The maximum Gasteiger partial charge on any atom is 0.329 e. The molecule has 0 radical (unpaired) electrons. The van der Waals surface area contributed by atoms with Gasteiger partial charge < -0.3 is 5.11 Å². The third kappa shape index (κ3) is 4.25. The molecule has 106 valence electrons. The molecule has 1 aromatic carbocycles. The van der Waals surface area contributed by atoms with Gasteiger partial charge in [0.1, 0.15) is 0 Å². The Balaban J connectivity index is 3.11. The van der Waals surface area contributed by atoms with Crippen LogP contribution in [0.2, 0.25) is 0 Å². The summed E-state index contributed by atoms with van der Waals surface area (Å²) in [5.41, 5.74) is -0.213. The van der Waals surface area contributed by atoms with E-state index in [1.165, 1.54) is 0 Å². The minimum Gasteiger partial charge on any atom is -0.480 e. The van der Waals surface area contributed by atoms with Crippen LogP contribution in [-0.2, 0) is 10.3 Å². The first-order valence-corrected chi connectivity index (χ1v) is 7.48. The summed E-state index contributed by atoms with van der Waals surface area (Å²) in [4.78, 5) is 11.9. The molecule has 3 nitrogen and oxygen atoms in total. The van der Waals surface area contributed by atoms with Gasteiger partial charge in [0, 0.05) is 10.5 Å². The molecule has 4 heteroatoms. The molecule has 0 heterocycles. The Bertz CT molecular complexity index is 414. The van der Waals surface area contributed by atoms with Gasteiger partial charge in [-0.3, -0.25) is 5.32 Å². The van der Waals surface area contributed by atoms with E-state index in [0.29, 0.717) is 12.3 Å². The molecular weight excluding hydrogens is 258 g/mol. The Kier molecular flexibility index (Phi) is 5.44. The summed E-state index contributed by atoms with van der Waals surface area (Å²) < 4.78 is 0.0326. The van der Waals surface area contributed by atoms with Gasteiger partial charge in [-0.05, 0) is 12.1 Å². The van der Waals surface area contributed by atoms with Crippen molar-refractivity contribution in [2.75, 3.05) is 12.3 Å². The predicted molar refractivity (Wildman–Crippen MR) is 81.6 cm³/mol. The Morgan fingerprint density at radius 3 is 2.26 bits per heavy atom. The molecule has 2 N–H and O–H groups in total. The van der Waals surface area contributed by atoms with Crippen LogP contribution in [-0.4, -0.2) is 28.1 Å².